The first-order valence-electron chi connectivity index (χ1n) is 5.57. The molecule has 0 saturated heterocycles. The summed E-state index contributed by atoms with van der Waals surface area (Å²) in [5, 5.41) is 11.3. The lowest BCUT2D eigenvalue weighted by atomic mass is 9.99. The minimum atomic E-state index is 0.279. The molecule has 0 spiro atoms. The molecule has 2 aromatic rings. The fourth-order valence-corrected chi connectivity index (χ4v) is 3.00. The van der Waals surface area contributed by atoms with Gasteiger partial charge in [-0.25, -0.2) is 4.98 Å². The van der Waals surface area contributed by atoms with Gasteiger partial charge in [0.15, 0.2) is 0 Å². The Labute approximate surface area is 98.4 Å². The van der Waals surface area contributed by atoms with Crippen molar-refractivity contribution < 1.29 is 5.11 Å². The molecule has 0 aromatic carbocycles. The Balaban J connectivity index is 2.00. The van der Waals surface area contributed by atoms with E-state index >= 15 is 0 Å². The minimum absolute atomic E-state index is 0.279. The molecule has 3 nitrogen and oxygen atoms in total. The van der Waals surface area contributed by atoms with Crippen molar-refractivity contribution in [1.29, 1.82) is 0 Å². The summed E-state index contributed by atoms with van der Waals surface area (Å²) in [4.78, 5) is 5.71. The number of nitrogens with zero attached hydrogens (tertiary/aromatic N) is 2. The van der Waals surface area contributed by atoms with Crippen molar-refractivity contribution in [3.05, 3.63) is 29.4 Å². The van der Waals surface area contributed by atoms with Crippen LogP contribution in [0.15, 0.2) is 23.7 Å². The van der Waals surface area contributed by atoms with Crippen molar-refractivity contribution in [2.75, 3.05) is 6.61 Å². The number of aromatic nitrogens is 2. The molecule has 0 radical (unpaired) electrons. The summed E-state index contributed by atoms with van der Waals surface area (Å²) in [7, 11) is 0. The first-order valence-corrected chi connectivity index (χ1v) is 6.45. The number of aliphatic hydroxyl groups excluding tert-OH is 1. The van der Waals surface area contributed by atoms with Crippen molar-refractivity contribution in [2.45, 2.75) is 19.4 Å². The fourth-order valence-electron chi connectivity index (χ4n) is 2.27. The lowest BCUT2D eigenvalue weighted by molar-refractivity contribution is 0.192. The van der Waals surface area contributed by atoms with Crippen LogP contribution in [0.1, 0.15) is 12.1 Å². The molecule has 0 aliphatic carbocycles. The summed E-state index contributed by atoms with van der Waals surface area (Å²) in [5.41, 5.74) is 1.30. The Morgan fingerprint density at radius 3 is 3.25 bits per heavy atom. The van der Waals surface area contributed by atoms with E-state index in [-0.39, 0.29) is 6.61 Å². The van der Waals surface area contributed by atoms with Gasteiger partial charge in [-0.05, 0) is 24.3 Å². The Hall–Kier alpha value is -1.13. The first-order chi connectivity index (χ1) is 7.88. The van der Waals surface area contributed by atoms with Crippen LogP contribution < -0.4 is 0 Å². The molecular weight excluding hydrogens is 220 g/mol. The molecule has 0 bridgehead atoms. The van der Waals surface area contributed by atoms with Crippen LogP contribution in [-0.4, -0.2) is 21.3 Å². The summed E-state index contributed by atoms with van der Waals surface area (Å²) in [6.45, 7) is 1.18. The highest BCUT2D eigenvalue weighted by atomic mass is 32.1. The van der Waals surface area contributed by atoms with Gasteiger partial charge in [0, 0.05) is 31.0 Å². The molecular formula is C12H14N2OS. The van der Waals surface area contributed by atoms with Crippen LogP contribution in [0.4, 0.5) is 0 Å². The second-order valence-corrected chi connectivity index (χ2v) is 5.20. The van der Waals surface area contributed by atoms with Crippen LogP contribution in [0.2, 0.25) is 0 Å². The summed E-state index contributed by atoms with van der Waals surface area (Å²) in [6.07, 6.45) is 4.08. The van der Waals surface area contributed by atoms with E-state index in [9.17, 15) is 5.11 Å². The molecule has 2 aromatic heterocycles. The van der Waals surface area contributed by atoms with Crippen molar-refractivity contribution in [1.82, 2.24) is 9.55 Å². The summed E-state index contributed by atoms with van der Waals surface area (Å²) >= 11 is 1.72. The highest BCUT2D eigenvalue weighted by Crippen LogP contribution is 2.29. The van der Waals surface area contributed by atoms with E-state index in [0.29, 0.717) is 5.92 Å². The molecule has 0 saturated carbocycles. The number of hydrogen-bond acceptors (Lipinski definition) is 3. The van der Waals surface area contributed by atoms with Gasteiger partial charge in [-0.3, -0.25) is 0 Å². The van der Waals surface area contributed by atoms with Gasteiger partial charge < -0.3 is 9.67 Å². The monoisotopic (exact) mass is 234 g/mol. The number of aliphatic hydroxyl groups is 1. The average Bonchev–Trinajstić information content (AvgIpc) is 2.96. The minimum Gasteiger partial charge on any atom is -0.396 e. The highest BCUT2D eigenvalue weighted by Gasteiger charge is 2.21. The first kappa shape index (κ1) is 10.1. The molecule has 0 fully saturated rings. The number of aryl methyl sites for hydroxylation is 1. The molecule has 4 heteroatoms. The quantitative estimate of drug-likeness (QED) is 0.864. The molecule has 16 heavy (non-hydrogen) atoms. The van der Waals surface area contributed by atoms with Gasteiger partial charge in [0.1, 0.15) is 5.82 Å². The molecule has 1 aliphatic heterocycles. The Bertz CT molecular complexity index is 475. The van der Waals surface area contributed by atoms with Gasteiger partial charge >= 0.3 is 0 Å². The van der Waals surface area contributed by atoms with Gasteiger partial charge in [0.05, 0.1) is 4.88 Å². The third-order valence-electron chi connectivity index (χ3n) is 3.19. The fraction of sp³-hybridized carbons (Fsp3) is 0.417. The van der Waals surface area contributed by atoms with Crippen LogP contribution in [0.3, 0.4) is 0 Å². The lowest BCUT2D eigenvalue weighted by Gasteiger charge is -2.23. The van der Waals surface area contributed by atoms with Gasteiger partial charge in [-0.1, -0.05) is 6.07 Å². The predicted molar refractivity (Wildman–Crippen MR) is 64.4 cm³/mol. The number of fused-ring (bicyclic) bond motifs is 1. The second kappa shape index (κ2) is 4.03. The molecule has 84 valence electrons. The zero-order valence-electron chi connectivity index (χ0n) is 8.97. The molecule has 1 unspecified atom stereocenters. The smallest absolute Gasteiger partial charge is 0.150 e. The zero-order chi connectivity index (χ0) is 11.0. The van der Waals surface area contributed by atoms with Crippen molar-refractivity contribution in [3.63, 3.8) is 0 Å². The Morgan fingerprint density at radius 2 is 2.50 bits per heavy atom. The van der Waals surface area contributed by atoms with E-state index in [2.05, 4.69) is 21.0 Å². The van der Waals surface area contributed by atoms with Crippen LogP contribution in [-0.2, 0) is 13.0 Å². The van der Waals surface area contributed by atoms with Crippen LogP contribution >= 0.6 is 11.3 Å². The van der Waals surface area contributed by atoms with E-state index in [0.717, 1.165) is 25.2 Å². The molecule has 1 N–H and O–H groups in total. The molecule has 1 atom stereocenters. The van der Waals surface area contributed by atoms with E-state index in [1.165, 1.54) is 10.6 Å². The van der Waals surface area contributed by atoms with Crippen LogP contribution in [0, 0.1) is 5.92 Å². The number of imidazole rings is 1. The summed E-state index contributed by atoms with van der Waals surface area (Å²) < 4.78 is 2.26. The largest absolute Gasteiger partial charge is 0.396 e. The van der Waals surface area contributed by atoms with Gasteiger partial charge in [-0.2, -0.15) is 0 Å². The zero-order valence-corrected chi connectivity index (χ0v) is 9.78. The van der Waals surface area contributed by atoms with Crippen LogP contribution in [0.25, 0.3) is 10.7 Å². The second-order valence-electron chi connectivity index (χ2n) is 4.25. The molecule has 3 rings (SSSR count). The summed E-state index contributed by atoms with van der Waals surface area (Å²) in [5.74, 6) is 1.45. The van der Waals surface area contributed by atoms with E-state index < -0.39 is 0 Å². The summed E-state index contributed by atoms with van der Waals surface area (Å²) in [6, 6.07) is 4.15. The van der Waals surface area contributed by atoms with E-state index in [1.54, 1.807) is 11.3 Å². The standard InChI is InChI=1S/C12H14N2OS/c15-8-9-3-4-10-6-13-12(14(10)7-9)11-2-1-5-16-11/h1-2,5-6,9,15H,3-4,7-8H2. The number of thiophene rings is 1. The van der Waals surface area contributed by atoms with Crippen molar-refractivity contribution in [2.24, 2.45) is 5.92 Å². The number of hydrogen-bond donors (Lipinski definition) is 1. The SMILES string of the molecule is OCC1CCc2cnc(-c3cccs3)n2C1. The maximum Gasteiger partial charge on any atom is 0.150 e. The molecule has 1 aliphatic rings. The normalized spacial score (nSPS) is 19.7. The number of rotatable bonds is 2. The maximum absolute atomic E-state index is 9.24. The third kappa shape index (κ3) is 1.58. The topological polar surface area (TPSA) is 38.1 Å². The van der Waals surface area contributed by atoms with Gasteiger partial charge in [-0.15, -0.1) is 11.3 Å². The van der Waals surface area contributed by atoms with E-state index in [1.807, 2.05) is 12.3 Å². The Kier molecular flexibility index (Phi) is 2.53. The van der Waals surface area contributed by atoms with Gasteiger partial charge in [0.25, 0.3) is 0 Å². The van der Waals surface area contributed by atoms with Crippen LogP contribution in [0.5, 0.6) is 0 Å². The lowest BCUT2D eigenvalue weighted by Crippen LogP contribution is -2.22. The van der Waals surface area contributed by atoms with Crippen molar-refractivity contribution in [3.8, 4) is 10.7 Å². The predicted octanol–water partition coefficient (Wildman–Crippen LogP) is 2.17. The maximum atomic E-state index is 9.24. The Morgan fingerprint density at radius 1 is 1.56 bits per heavy atom. The average molecular weight is 234 g/mol. The third-order valence-corrected chi connectivity index (χ3v) is 4.05. The van der Waals surface area contributed by atoms with E-state index in [4.69, 9.17) is 0 Å². The molecule has 0 amide bonds. The van der Waals surface area contributed by atoms with Gasteiger partial charge in [0.2, 0.25) is 0 Å². The molecule has 3 heterocycles. The highest BCUT2D eigenvalue weighted by molar-refractivity contribution is 7.13. The van der Waals surface area contributed by atoms with Crippen molar-refractivity contribution >= 4 is 11.3 Å².